The van der Waals surface area contributed by atoms with Gasteiger partial charge < -0.3 is 20.3 Å². The number of ether oxygens (including phenoxy) is 1. The summed E-state index contributed by atoms with van der Waals surface area (Å²) in [6, 6.07) is -0.541. The highest BCUT2D eigenvalue weighted by atomic mass is 16.5. The highest BCUT2D eigenvalue weighted by Gasteiger charge is 2.20. The fraction of sp³-hybridized carbons (Fsp3) is 0.947. The van der Waals surface area contributed by atoms with Gasteiger partial charge in [-0.05, 0) is 51.4 Å². The molecule has 0 rings (SSSR count). The molecule has 0 fully saturated rings. The second kappa shape index (κ2) is 72.1. The average molecular weight is 1160 g/mol. The number of hydrogen-bond acceptors (Lipinski definition) is 5. The first-order chi connectivity index (χ1) is 40.5. The van der Waals surface area contributed by atoms with Crippen molar-refractivity contribution in [2.45, 2.75) is 450 Å². The smallest absolute Gasteiger partial charge is 0.305 e. The van der Waals surface area contributed by atoms with Crippen molar-refractivity contribution in [2.75, 3.05) is 13.2 Å². The van der Waals surface area contributed by atoms with E-state index in [2.05, 4.69) is 31.3 Å². The van der Waals surface area contributed by atoms with Crippen LogP contribution in [0.1, 0.15) is 438 Å². The molecule has 0 saturated heterocycles. The van der Waals surface area contributed by atoms with E-state index in [9.17, 15) is 19.8 Å². The molecule has 2 atom stereocenters. The third-order valence-electron chi connectivity index (χ3n) is 18.1. The molecule has 488 valence electrons. The highest BCUT2D eigenvalue weighted by molar-refractivity contribution is 5.76. The van der Waals surface area contributed by atoms with Gasteiger partial charge in [0.1, 0.15) is 0 Å². The molecule has 0 radical (unpaired) electrons. The molecule has 0 aromatic heterocycles. The van der Waals surface area contributed by atoms with E-state index in [-0.39, 0.29) is 18.5 Å². The Labute approximate surface area is 514 Å². The minimum Gasteiger partial charge on any atom is -0.466 e. The van der Waals surface area contributed by atoms with Crippen molar-refractivity contribution in [3.8, 4) is 0 Å². The lowest BCUT2D eigenvalue weighted by Gasteiger charge is -2.22. The van der Waals surface area contributed by atoms with Crippen LogP contribution in [0.25, 0.3) is 0 Å². The Morgan fingerprint density at radius 1 is 0.329 bits per heavy atom. The number of rotatable bonds is 72. The fourth-order valence-electron chi connectivity index (χ4n) is 12.3. The van der Waals surface area contributed by atoms with Crippen LogP contribution in [-0.2, 0) is 14.3 Å². The van der Waals surface area contributed by atoms with E-state index < -0.39 is 12.1 Å². The van der Waals surface area contributed by atoms with Crippen molar-refractivity contribution in [2.24, 2.45) is 0 Å². The first kappa shape index (κ1) is 80.6. The SMILES string of the molecule is CCCCCCCCCCCCCCCCCCCCCCCC(O)C(CO)NC(=O)CCCCCCCCCCCCCCC/C=C\CCCCCCCCCCCCCCOC(=O)CCCCCCCCCCCCCCCCC. The van der Waals surface area contributed by atoms with Crippen molar-refractivity contribution in [3.63, 3.8) is 0 Å². The van der Waals surface area contributed by atoms with Crippen LogP contribution in [0, 0.1) is 0 Å². The number of allylic oxidation sites excluding steroid dienone is 2. The second-order valence-electron chi connectivity index (χ2n) is 26.3. The van der Waals surface area contributed by atoms with Gasteiger partial charge in [0.25, 0.3) is 0 Å². The van der Waals surface area contributed by atoms with E-state index >= 15 is 0 Å². The van der Waals surface area contributed by atoms with E-state index in [1.165, 1.54) is 366 Å². The maximum atomic E-state index is 12.6. The number of aliphatic hydroxyl groups is 2. The molecule has 0 saturated carbocycles. The first-order valence-electron chi connectivity index (χ1n) is 37.9. The molecule has 0 spiro atoms. The summed E-state index contributed by atoms with van der Waals surface area (Å²) in [6.07, 6.45) is 90.0. The van der Waals surface area contributed by atoms with Gasteiger partial charge >= 0.3 is 5.97 Å². The second-order valence-corrected chi connectivity index (χ2v) is 26.3. The molecule has 3 N–H and O–H groups in total. The summed E-state index contributed by atoms with van der Waals surface area (Å²) in [4.78, 5) is 24.6. The molecule has 0 aromatic carbocycles. The van der Waals surface area contributed by atoms with Gasteiger partial charge in [0.05, 0.1) is 25.4 Å². The molecular formula is C76H149NO5. The number of hydrogen-bond donors (Lipinski definition) is 3. The molecule has 6 heteroatoms. The van der Waals surface area contributed by atoms with E-state index in [1.54, 1.807) is 0 Å². The topological polar surface area (TPSA) is 95.9 Å². The lowest BCUT2D eigenvalue weighted by molar-refractivity contribution is -0.143. The summed E-state index contributed by atoms with van der Waals surface area (Å²) >= 11 is 0. The van der Waals surface area contributed by atoms with Crippen LogP contribution in [0.5, 0.6) is 0 Å². The van der Waals surface area contributed by atoms with E-state index in [1.807, 2.05) is 0 Å². The van der Waals surface area contributed by atoms with Crippen LogP contribution >= 0.6 is 0 Å². The third-order valence-corrected chi connectivity index (χ3v) is 18.1. The number of carbonyl (C=O) groups is 2. The molecule has 0 aromatic rings. The Kier molecular flexibility index (Phi) is 70.8. The van der Waals surface area contributed by atoms with Gasteiger partial charge in [0.15, 0.2) is 0 Å². The van der Waals surface area contributed by atoms with Gasteiger partial charge in [-0.25, -0.2) is 0 Å². The quantitative estimate of drug-likeness (QED) is 0.0320. The minimum absolute atomic E-state index is 0.0207. The van der Waals surface area contributed by atoms with Crippen LogP contribution in [0.4, 0.5) is 0 Å². The zero-order valence-corrected chi connectivity index (χ0v) is 56.0. The number of amides is 1. The van der Waals surface area contributed by atoms with E-state index in [0.29, 0.717) is 25.9 Å². The standard InChI is InChI=1S/C76H149NO5/c1-3-5-7-9-11-13-15-17-19-20-21-31-34-37-41-44-48-52-56-60-64-68-74(79)73(72-78)77-75(80)69-65-61-57-53-49-45-42-38-35-32-29-27-25-23-22-24-26-28-30-33-36-39-43-47-51-55-59-63-67-71-82-76(81)70-66-62-58-54-50-46-40-18-16-14-12-10-8-6-4-2/h22,24,73-74,78-79H,3-21,23,25-72H2,1-2H3,(H,77,80)/b24-22-. The van der Waals surface area contributed by atoms with Gasteiger partial charge in [0.2, 0.25) is 5.91 Å². The van der Waals surface area contributed by atoms with Gasteiger partial charge in [-0.1, -0.05) is 386 Å². The summed E-state index contributed by atoms with van der Waals surface area (Å²) in [7, 11) is 0. The monoisotopic (exact) mass is 1160 g/mol. The van der Waals surface area contributed by atoms with Gasteiger partial charge in [-0.15, -0.1) is 0 Å². The molecule has 0 heterocycles. The summed E-state index contributed by atoms with van der Waals surface area (Å²) in [5.41, 5.74) is 0. The number of esters is 1. The van der Waals surface area contributed by atoms with Crippen molar-refractivity contribution in [1.82, 2.24) is 5.32 Å². The maximum absolute atomic E-state index is 12.6. The largest absolute Gasteiger partial charge is 0.466 e. The molecule has 1 amide bonds. The first-order valence-corrected chi connectivity index (χ1v) is 37.9. The molecule has 6 nitrogen and oxygen atoms in total. The molecule has 0 aliphatic carbocycles. The Hall–Kier alpha value is -1.40. The van der Waals surface area contributed by atoms with Crippen LogP contribution < -0.4 is 5.32 Å². The molecule has 0 aliphatic heterocycles. The molecule has 0 bridgehead atoms. The Bertz CT molecular complexity index is 1240. The molecule has 0 aliphatic rings. The summed E-state index contributed by atoms with van der Waals surface area (Å²) in [5, 5.41) is 23.4. The predicted octanol–water partition coefficient (Wildman–Crippen LogP) is 24.7. The normalized spacial score (nSPS) is 12.5. The Balaban J connectivity index is 3.36. The third kappa shape index (κ3) is 67.7. The van der Waals surface area contributed by atoms with Gasteiger partial charge in [0, 0.05) is 12.8 Å². The summed E-state index contributed by atoms with van der Waals surface area (Å²) in [5.74, 6) is -0.00814. The predicted molar refractivity (Wildman–Crippen MR) is 361 cm³/mol. The summed E-state index contributed by atoms with van der Waals surface area (Å²) < 4.78 is 5.50. The van der Waals surface area contributed by atoms with Crippen molar-refractivity contribution in [1.29, 1.82) is 0 Å². The zero-order chi connectivity index (χ0) is 59.2. The Morgan fingerprint density at radius 2 is 0.573 bits per heavy atom. The number of unbranched alkanes of at least 4 members (excludes halogenated alkanes) is 59. The molecule has 2 unspecified atom stereocenters. The van der Waals surface area contributed by atoms with Crippen LogP contribution in [0.2, 0.25) is 0 Å². The number of carbonyl (C=O) groups excluding carboxylic acids is 2. The Morgan fingerprint density at radius 3 is 0.866 bits per heavy atom. The van der Waals surface area contributed by atoms with Crippen molar-refractivity contribution >= 4 is 11.9 Å². The highest BCUT2D eigenvalue weighted by Crippen LogP contribution is 2.20. The lowest BCUT2D eigenvalue weighted by atomic mass is 10.0. The zero-order valence-electron chi connectivity index (χ0n) is 56.0. The lowest BCUT2D eigenvalue weighted by Crippen LogP contribution is -2.45. The molecule has 82 heavy (non-hydrogen) atoms. The van der Waals surface area contributed by atoms with Crippen LogP contribution in [0.15, 0.2) is 12.2 Å². The van der Waals surface area contributed by atoms with Crippen LogP contribution in [0.3, 0.4) is 0 Å². The van der Waals surface area contributed by atoms with E-state index in [4.69, 9.17) is 4.74 Å². The average Bonchev–Trinajstić information content (AvgIpc) is 3.48. The van der Waals surface area contributed by atoms with E-state index in [0.717, 1.165) is 38.5 Å². The number of nitrogens with one attached hydrogen (secondary N) is 1. The van der Waals surface area contributed by atoms with Crippen molar-refractivity contribution < 1.29 is 24.5 Å². The fourth-order valence-corrected chi connectivity index (χ4v) is 12.3. The van der Waals surface area contributed by atoms with Gasteiger partial charge in [-0.2, -0.15) is 0 Å². The van der Waals surface area contributed by atoms with Crippen molar-refractivity contribution in [3.05, 3.63) is 12.2 Å². The number of aliphatic hydroxyl groups excluding tert-OH is 2. The maximum Gasteiger partial charge on any atom is 0.305 e. The molecular weight excluding hydrogens is 1010 g/mol. The van der Waals surface area contributed by atoms with Gasteiger partial charge in [-0.3, -0.25) is 9.59 Å². The minimum atomic E-state index is -0.664. The van der Waals surface area contributed by atoms with Crippen LogP contribution in [-0.4, -0.2) is 47.4 Å². The summed E-state index contributed by atoms with van der Waals surface area (Å²) in [6.45, 7) is 5.01.